The average molecular weight is 370 g/mol. The molecule has 6 nitrogen and oxygen atoms in total. The van der Waals surface area contributed by atoms with Gasteiger partial charge in [0.05, 0.1) is 17.9 Å². The molecule has 5 rings (SSSR count). The monoisotopic (exact) mass is 370 g/mol. The molecule has 0 bridgehead atoms. The van der Waals surface area contributed by atoms with E-state index in [4.69, 9.17) is 4.98 Å². The van der Waals surface area contributed by atoms with Gasteiger partial charge in [0.15, 0.2) is 5.82 Å². The number of aromatic amines is 2. The molecule has 1 aliphatic rings. The second kappa shape index (κ2) is 7.40. The molecule has 1 aliphatic heterocycles. The van der Waals surface area contributed by atoms with Gasteiger partial charge in [-0.2, -0.15) is 10.2 Å². The van der Waals surface area contributed by atoms with Gasteiger partial charge < -0.3 is 0 Å². The van der Waals surface area contributed by atoms with Crippen molar-refractivity contribution in [2.75, 3.05) is 6.54 Å². The number of rotatable bonds is 5. The first-order chi connectivity index (χ1) is 13.9. The van der Waals surface area contributed by atoms with Crippen LogP contribution in [-0.4, -0.2) is 36.8 Å². The Morgan fingerprint density at radius 3 is 2.46 bits per heavy atom. The van der Waals surface area contributed by atoms with Crippen molar-refractivity contribution < 1.29 is 0 Å². The Labute approximate surface area is 163 Å². The molecule has 0 saturated carbocycles. The highest BCUT2D eigenvalue weighted by Crippen LogP contribution is 2.33. The third-order valence-corrected chi connectivity index (χ3v) is 5.37. The zero-order valence-corrected chi connectivity index (χ0v) is 15.5. The SMILES string of the molecule is c1ccc(-c2n[nH]c(C3CCCN3Cc3cn[nH]c3-c3ccccc3)n2)cc1. The zero-order valence-electron chi connectivity index (χ0n) is 15.5. The summed E-state index contributed by atoms with van der Waals surface area (Å²) in [7, 11) is 0. The van der Waals surface area contributed by atoms with Gasteiger partial charge in [0.25, 0.3) is 0 Å². The maximum absolute atomic E-state index is 4.79. The molecule has 0 radical (unpaired) electrons. The van der Waals surface area contributed by atoms with Crippen LogP contribution >= 0.6 is 0 Å². The molecule has 28 heavy (non-hydrogen) atoms. The van der Waals surface area contributed by atoms with Crippen LogP contribution in [0.15, 0.2) is 66.9 Å². The molecule has 2 N–H and O–H groups in total. The summed E-state index contributed by atoms with van der Waals surface area (Å²) in [5, 5.41) is 15.1. The summed E-state index contributed by atoms with van der Waals surface area (Å²) >= 11 is 0. The predicted molar refractivity (Wildman–Crippen MR) is 108 cm³/mol. The summed E-state index contributed by atoms with van der Waals surface area (Å²) in [6.45, 7) is 1.89. The molecule has 1 saturated heterocycles. The van der Waals surface area contributed by atoms with E-state index in [-0.39, 0.29) is 6.04 Å². The van der Waals surface area contributed by atoms with E-state index < -0.39 is 0 Å². The van der Waals surface area contributed by atoms with Gasteiger partial charge in [0, 0.05) is 17.7 Å². The lowest BCUT2D eigenvalue weighted by molar-refractivity contribution is 0.240. The van der Waals surface area contributed by atoms with Crippen molar-refractivity contribution >= 4 is 0 Å². The number of aromatic nitrogens is 5. The summed E-state index contributed by atoms with van der Waals surface area (Å²) in [5.41, 5.74) is 4.50. The van der Waals surface area contributed by atoms with E-state index in [0.29, 0.717) is 0 Å². The fraction of sp³-hybridized carbons (Fsp3) is 0.227. The Balaban J connectivity index is 1.38. The van der Waals surface area contributed by atoms with Gasteiger partial charge in [0.1, 0.15) is 5.82 Å². The molecule has 1 unspecified atom stereocenters. The highest BCUT2D eigenvalue weighted by Gasteiger charge is 2.29. The molecular weight excluding hydrogens is 348 g/mol. The smallest absolute Gasteiger partial charge is 0.181 e. The lowest BCUT2D eigenvalue weighted by Crippen LogP contribution is -2.23. The number of likely N-dealkylation sites (tertiary alicyclic amines) is 1. The molecule has 0 spiro atoms. The third kappa shape index (κ3) is 3.23. The minimum atomic E-state index is 0.253. The highest BCUT2D eigenvalue weighted by molar-refractivity contribution is 5.62. The van der Waals surface area contributed by atoms with Gasteiger partial charge >= 0.3 is 0 Å². The largest absolute Gasteiger partial charge is 0.289 e. The van der Waals surface area contributed by atoms with Crippen molar-refractivity contribution in [3.05, 3.63) is 78.2 Å². The van der Waals surface area contributed by atoms with Gasteiger partial charge in [-0.05, 0) is 24.9 Å². The quantitative estimate of drug-likeness (QED) is 0.552. The normalized spacial score (nSPS) is 17.2. The first-order valence-corrected chi connectivity index (χ1v) is 9.68. The number of nitrogens with one attached hydrogen (secondary N) is 2. The van der Waals surface area contributed by atoms with Gasteiger partial charge in [-0.3, -0.25) is 15.1 Å². The molecular formula is C22H22N6. The molecule has 1 atom stereocenters. The molecule has 3 heterocycles. The van der Waals surface area contributed by atoms with Gasteiger partial charge in [-0.25, -0.2) is 4.98 Å². The van der Waals surface area contributed by atoms with E-state index >= 15 is 0 Å². The summed E-state index contributed by atoms with van der Waals surface area (Å²) in [6, 6.07) is 20.7. The Kier molecular flexibility index (Phi) is 4.47. The van der Waals surface area contributed by atoms with E-state index in [9.17, 15) is 0 Å². The lowest BCUT2D eigenvalue weighted by Gasteiger charge is -2.22. The Morgan fingerprint density at radius 2 is 1.68 bits per heavy atom. The van der Waals surface area contributed by atoms with Crippen LogP contribution in [-0.2, 0) is 6.54 Å². The maximum Gasteiger partial charge on any atom is 0.181 e. The van der Waals surface area contributed by atoms with Crippen molar-refractivity contribution in [2.24, 2.45) is 0 Å². The summed E-state index contributed by atoms with van der Waals surface area (Å²) in [5.74, 6) is 1.71. The van der Waals surface area contributed by atoms with Crippen LogP contribution in [0.3, 0.4) is 0 Å². The molecule has 1 fully saturated rings. The van der Waals surface area contributed by atoms with Gasteiger partial charge in [0.2, 0.25) is 0 Å². The Morgan fingerprint density at radius 1 is 0.929 bits per heavy atom. The summed E-state index contributed by atoms with van der Waals surface area (Å²) < 4.78 is 0. The summed E-state index contributed by atoms with van der Waals surface area (Å²) in [6.07, 6.45) is 4.18. The second-order valence-electron chi connectivity index (χ2n) is 7.18. The van der Waals surface area contributed by atoms with Crippen LogP contribution in [0.2, 0.25) is 0 Å². The fourth-order valence-electron chi connectivity index (χ4n) is 3.97. The van der Waals surface area contributed by atoms with Crippen molar-refractivity contribution in [3.8, 4) is 22.6 Å². The molecule has 2 aromatic carbocycles. The predicted octanol–water partition coefficient (Wildman–Crippen LogP) is 4.20. The molecule has 0 aliphatic carbocycles. The number of H-pyrrole nitrogens is 2. The number of nitrogens with zero attached hydrogens (tertiary/aromatic N) is 4. The first-order valence-electron chi connectivity index (χ1n) is 9.68. The van der Waals surface area contributed by atoms with E-state index in [1.165, 1.54) is 5.56 Å². The van der Waals surface area contributed by atoms with Crippen molar-refractivity contribution in [2.45, 2.75) is 25.4 Å². The van der Waals surface area contributed by atoms with E-state index in [1.54, 1.807) is 0 Å². The Bertz CT molecular complexity index is 1040. The Hall–Kier alpha value is -3.25. The van der Waals surface area contributed by atoms with Crippen LogP contribution in [0.1, 0.15) is 30.3 Å². The van der Waals surface area contributed by atoms with E-state index in [2.05, 4.69) is 49.6 Å². The maximum atomic E-state index is 4.79. The average Bonchev–Trinajstić information content (AvgIpc) is 3.50. The van der Waals surface area contributed by atoms with Gasteiger partial charge in [-0.15, -0.1) is 0 Å². The molecule has 6 heteroatoms. The lowest BCUT2D eigenvalue weighted by atomic mass is 10.1. The van der Waals surface area contributed by atoms with Crippen LogP contribution in [0.4, 0.5) is 0 Å². The summed E-state index contributed by atoms with van der Waals surface area (Å²) in [4.78, 5) is 7.26. The van der Waals surface area contributed by atoms with E-state index in [0.717, 1.165) is 54.4 Å². The fourth-order valence-corrected chi connectivity index (χ4v) is 3.97. The minimum Gasteiger partial charge on any atom is -0.289 e. The topological polar surface area (TPSA) is 73.5 Å². The van der Waals surface area contributed by atoms with E-state index in [1.807, 2.05) is 42.6 Å². The number of benzene rings is 2. The third-order valence-electron chi connectivity index (χ3n) is 5.37. The molecule has 140 valence electrons. The van der Waals surface area contributed by atoms with Crippen LogP contribution in [0.25, 0.3) is 22.6 Å². The zero-order chi connectivity index (χ0) is 18.8. The first kappa shape index (κ1) is 16.9. The van der Waals surface area contributed by atoms with Crippen LogP contribution in [0.5, 0.6) is 0 Å². The van der Waals surface area contributed by atoms with Crippen molar-refractivity contribution in [3.63, 3.8) is 0 Å². The second-order valence-corrected chi connectivity index (χ2v) is 7.18. The van der Waals surface area contributed by atoms with Gasteiger partial charge in [-0.1, -0.05) is 60.7 Å². The van der Waals surface area contributed by atoms with Crippen molar-refractivity contribution in [1.82, 2.24) is 30.3 Å². The molecule has 0 amide bonds. The minimum absolute atomic E-state index is 0.253. The van der Waals surface area contributed by atoms with Crippen LogP contribution < -0.4 is 0 Å². The standard InChI is InChI=1S/C22H22N6/c1-3-8-16(9-4-1)20-18(14-23-25-20)15-28-13-7-12-19(28)22-24-21(26-27-22)17-10-5-2-6-11-17/h1-6,8-11,14,19H,7,12-13,15H2,(H,23,25)(H,24,26,27). The van der Waals surface area contributed by atoms with Crippen LogP contribution in [0, 0.1) is 0 Å². The number of hydrogen-bond acceptors (Lipinski definition) is 4. The molecule has 2 aromatic heterocycles. The molecule has 4 aromatic rings. The highest BCUT2D eigenvalue weighted by atomic mass is 15.3. The van der Waals surface area contributed by atoms with Crippen molar-refractivity contribution in [1.29, 1.82) is 0 Å². The number of hydrogen-bond donors (Lipinski definition) is 2.